The Labute approximate surface area is 167 Å². The summed E-state index contributed by atoms with van der Waals surface area (Å²) in [5.41, 5.74) is 1.27. The fraction of sp³-hybridized carbons (Fsp3) is 0.588. The second-order valence-corrected chi connectivity index (χ2v) is 9.17. The van der Waals surface area contributed by atoms with Gasteiger partial charge >= 0.3 is 0 Å². The second-order valence-electron chi connectivity index (χ2n) is 6.91. The minimum atomic E-state index is -2.96. The highest BCUT2D eigenvalue weighted by atomic mass is 127. The lowest BCUT2D eigenvalue weighted by Gasteiger charge is -2.25. The third-order valence-electron chi connectivity index (χ3n) is 3.80. The van der Waals surface area contributed by atoms with Gasteiger partial charge in [-0.3, -0.25) is 4.99 Å². The third-order valence-corrected chi connectivity index (χ3v) is 4.75. The molecule has 25 heavy (non-hydrogen) atoms. The Morgan fingerprint density at radius 1 is 1.28 bits per heavy atom. The standard InChI is InChI=1S/C17H28FN3O2S.HI/c1-13-6-7-14(10-15(13)18)11-20-16(19-4)21-12-17(2,3)8-9-24(5,22)23;/h6-7,10H,8-9,11-12H2,1-5H3,(H2,19,20,21);1H. The summed E-state index contributed by atoms with van der Waals surface area (Å²) >= 11 is 0. The van der Waals surface area contributed by atoms with Gasteiger partial charge in [0.15, 0.2) is 5.96 Å². The Morgan fingerprint density at radius 3 is 2.44 bits per heavy atom. The van der Waals surface area contributed by atoms with Crippen molar-refractivity contribution >= 4 is 39.8 Å². The van der Waals surface area contributed by atoms with E-state index >= 15 is 0 Å². The molecule has 1 rings (SSSR count). The van der Waals surface area contributed by atoms with Gasteiger partial charge in [-0.15, -0.1) is 24.0 Å². The average molecular weight is 485 g/mol. The van der Waals surface area contributed by atoms with Gasteiger partial charge in [-0.2, -0.15) is 0 Å². The Bertz CT molecular complexity index is 691. The minimum absolute atomic E-state index is 0. The summed E-state index contributed by atoms with van der Waals surface area (Å²) in [6, 6.07) is 5.12. The van der Waals surface area contributed by atoms with Crippen molar-refractivity contribution in [2.24, 2.45) is 10.4 Å². The zero-order valence-corrected chi connectivity index (χ0v) is 18.7. The highest BCUT2D eigenvalue weighted by Crippen LogP contribution is 2.19. The van der Waals surface area contributed by atoms with E-state index < -0.39 is 9.84 Å². The molecule has 0 spiro atoms. The molecule has 0 aliphatic heterocycles. The minimum Gasteiger partial charge on any atom is -0.356 e. The molecule has 0 aliphatic rings. The van der Waals surface area contributed by atoms with Crippen LogP contribution in [0.3, 0.4) is 0 Å². The number of sulfone groups is 1. The summed E-state index contributed by atoms with van der Waals surface area (Å²) in [6.45, 7) is 6.79. The van der Waals surface area contributed by atoms with Gasteiger partial charge in [-0.25, -0.2) is 12.8 Å². The molecule has 144 valence electrons. The Kier molecular flexibility index (Phi) is 9.93. The van der Waals surface area contributed by atoms with Gasteiger partial charge in [-0.05, 0) is 36.0 Å². The van der Waals surface area contributed by atoms with Crippen molar-refractivity contribution in [3.63, 3.8) is 0 Å². The van der Waals surface area contributed by atoms with Crippen LogP contribution in [0.5, 0.6) is 0 Å². The number of rotatable bonds is 7. The Morgan fingerprint density at radius 2 is 1.92 bits per heavy atom. The van der Waals surface area contributed by atoms with Crippen LogP contribution in [0.15, 0.2) is 23.2 Å². The first-order valence-electron chi connectivity index (χ1n) is 7.90. The SMILES string of the molecule is CN=C(NCc1ccc(C)c(F)c1)NCC(C)(C)CCS(C)(=O)=O.I. The molecule has 0 unspecified atom stereocenters. The van der Waals surface area contributed by atoms with Crippen LogP contribution in [-0.2, 0) is 16.4 Å². The highest BCUT2D eigenvalue weighted by molar-refractivity contribution is 14.0. The molecule has 0 heterocycles. The Hall–Kier alpha value is -0.900. The summed E-state index contributed by atoms with van der Waals surface area (Å²) < 4.78 is 36.1. The highest BCUT2D eigenvalue weighted by Gasteiger charge is 2.20. The average Bonchev–Trinajstić information content (AvgIpc) is 2.48. The number of aliphatic imine (C=N–C) groups is 1. The van der Waals surface area contributed by atoms with E-state index in [1.807, 2.05) is 19.9 Å². The van der Waals surface area contributed by atoms with E-state index in [0.29, 0.717) is 31.0 Å². The number of guanidine groups is 1. The van der Waals surface area contributed by atoms with Gasteiger partial charge in [0.05, 0.1) is 5.75 Å². The number of nitrogens with zero attached hydrogens (tertiary/aromatic N) is 1. The topological polar surface area (TPSA) is 70.6 Å². The van der Waals surface area contributed by atoms with Gasteiger partial charge in [-0.1, -0.05) is 26.0 Å². The molecule has 0 radical (unpaired) electrons. The van der Waals surface area contributed by atoms with Crippen molar-refractivity contribution in [1.82, 2.24) is 10.6 Å². The van der Waals surface area contributed by atoms with Crippen molar-refractivity contribution in [2.45, 2.75) is 33.7 Å². The lowest BCUT2D eigenvalue weighted by atomic mass is 9.90. The van der Waals surface area contributed by atoms with Crippen molar-refractivity contribution in [1.29, 1.82) is 0 Å². The zero-order chi connectivity index (χ0) is 18.4. The van der Waals surface area contributed by atoms with Crippen LogP contribution in [0, 0.1) is 18.2 Å². The van der Waals surface area contributed by atoms with Crippen molar-refractivity contribution in [3.8, 4) is 0 Å². The summed E-state index contributed by atoms with van der Waals surface area (Å²) in [7, 11) is -1.30. The molecular formula is C17H29FIN3O2S. The molecular weight excluding hydrogens is 456 g/mol. The van der Waals surface area contributed by atoms with Crippen LogP contribution >= 0.6 is 24.0 Å². The van der Waals surface area contributed by atoms with Crippen LogP contribution in [0.1, 0.15) is 31.4 Å². The maximum atomic E-state index is 13.5. The van der Waals surface area contributed by atoms with E-state index in [0.717, 1.165) is 5.56 Å². The smallest absolute Gasteiger partial charge is 0.191 e. The first-order chi connectivity index (χ1) is 11.0. The summed E-state index contributed by atoms with van der Waals surface area (Å²) in [4.78, 5) is 4.14. The molecule has 0 bridgehead atoms. The van der Waals surface area contributed by atoms with Crippen LogP contribution in [0.2, 0.25) is 0 Å². The third kappa shape index (κ3) is 9.98. The van der Waals surface area contributed by atoms with Crippen LogP contribution in [0.4, 0.5) is 4.39 Å². The molecule has 1 aromatic carbocycles. The number of benzene rings is 1. The number of nitrogens with one attached hydrogen (secondary N) is 2. The molecule has 2 N–H and O–H groups in total. The predicted octanol–water partition coefficient (Wildman–Crippen LogP) is 2.88. The largest absolute Gasteiger partial charge is 0.356 e. The summed E-state index contributed by atoms with van der Waals surface area (Å²) in [5.74, 6) is 0.540. The van der Waals surface area contributed by atoms with Crippen LogP contribution in [-0.4, -0.2) is 40.0 Å². The molecule has 8 heteroatoms. The fourth-order valence-corrected chi connectivity index (χ4v) is 2.95. The molecule has 0 aliphatic carbocycles. The number of halogens is 2. The monoisotopic (exact) mass is 485 g/mol. The van der Waals surface area contributed by atoms with Crippen molar-refractivity contribution < 1.29 is 12.8 Å². The van der Waals surface area contributed by atoms with Gasteiger partial charge in [0.2, 0.25) is 0 Å². The first kappa shape index (κ1) is 24.1. The molecule has 5 nitrogen and oxygen atoms in total. The number of aryl methyl sites for hydroxylation is 1. The summed E-state index contributed by atoms with van der Waals surface area (Å²) in [5, 5.41) is 6.32. The molecule has 0 atom stereocenters. The zero-order valence-electron chi connectivity index (χ0n) is 15.5. The van der Waals surface area contributed by atoms with E-state index in [9.17, 15) is 12.8 Å². The quantitative estimate of drug-likeness (QED) is 0.354. The van der Waals surface area contributed by atoms with Crippen LogP contribution < -0.4 is 10.6 Å². The molecule has 0 fully saturated rings. The van der Waals surface area contributed by atoms with E-state index in [4.69, 9.17) is 0 Å². The first-order valence-corrected chi connectivity index (χ1v) is 9.96. The van der Waals surface area contributed by atoms with Gasteiger partial charge in [0.25, 0.3) is 0 Å². The molecule has 0 aromatic heterocycles. The number of hydrogen-bond donors (Lipinski definition) is 2. The van der Waals surface area contributed by atoms with E-state index in [-0.39, 0.29) is 41.0 Å². The van der Waals surface area contributed by atoms with Crippen LogP contribution in [0.25, 0.3) is 0 Å². The maximum absolute atomic E-state index is 13.5. The predicted molar refractivity (Wildman–Crippen MR) is 113 cm³/mol. The van der Waals surface area contributed by atoms with Gasteiger partial charge in [0.1, 0.15) is 15.7 Å². The van der Waals surface area contributed by atoms with Gasteiger partial charge < -0.3 is 10.6 Å². The number of hydrogen-bond acceptors (Lipinski definition) is 3. The van der Waals surface area contributed by atoms with Crippen molar-refractivity contribution in [3.05, 3.63) is 35.1 Å². The maximum Gasteiger partial charge on any atom is 0.191 e. The molecule has 0 saturated carbocycles. The second kappa shape index (κ2) is 10.3. The normalized spacial score (nSPS) is 12.5. The lowest BCUT2D eigenvalue weighted by molar-refractivity contribution is 0.348. The molecule has 1 aromatic rings. The van der Waals surface area contributed by atoms with E-state index in [2.05, 4.69) is 15.6 Å². The fourth-order valence-electron chi connectivity index (χ4n) is 2.03. The lowest BCUT2D eigenvalue weighted by Crippen LogP contribution is -2.42. The van der Waals surface area contributed by atoms with E-state index in [1.54, 1.807) is 20.0 Å². The van der Waals surface area contributed by atoms with Gasteiger partial charge in [0, 0.05) is 26.4 Å². The van der Waals surface area contributed by atoms with Crippen molar-refractivity contribution in [2.75, 3.05) is 25.6 Å². The Balaban J connectivity index is 0.00000576. The molecule has 0 amide bonds. The van der Waals surface area contributed by atoms with E-state index in [1.165, 1.54) is 12.3 Å². The molecule has 0 saturated heterocycles. The summed E-state index contributed by atoms with van der Waals surface area (Å²) in [6.07, 6.45) is 1.82.